The molecule has 0 fully saturated rings. The standard InChI is InChI=1S/C2H6O.N2O.H3N/c1-3-2;1-2-3;/h1-2H3;;1H3. The number of nitroso groups, excluding NO2 is 1. The van der Waals surface area contributed by atoms with Gasteiger partial charge in [-0.25, -0.2) is 0 Å². The SMILES string of the molecule is COC.N.[N-]=[N+]=O. The van der Waals surface area contributed by atoms with E-state index in [1.807, 2.05) is 0 Å². The third kappa shape index (κ3) is 92.0. The van der Waals surface area contributed by atoms with Crippen LogP contribution in [0.2, 0.25) is 0 Å². The Labute approximate surface area is 41.7 Å². The van der Waals surface area contributed by atoms with Gasteiger partial charge in [-0.2, -0.15) is 0 Å². The van der Waals surface area contributed by atoms with Gasteiger partial charge in [0.2, 0.25) is 0 Å². The summed E-state index contributed by atoms with van der Waals surface area (Å²) in [5.74, 6) is 0. The molecule has 0 aliphatic carbocycles. The number of rotatable bonds is 0. The zero-order valence-electron chi connectivity index (χ0n) is 4.42. The first-order valence-electron chi connectivity index (χ1n) is 1.20. The van der Waals surface area contributed by atoms with Gasteiger partial charge in [0, 0.05) is 14.2 Å². The van der Waals surface area contributed by atoms with Crippen LogP contribution in [0.15, 0.2) is 0 Å². The second kappa shape index (κ2) is 61.9. The molecule has 0 amide bonds. The maximum absolute atomic E-state index is 8.11. The molecular formula is C2H9N3O2. The van der Waals surface area contributed by atoms with Gasteiger partial charge < -0.3 is 10.9 Å². The van der Waals surface area contributed by atoms with Gasteiger partial charge >= 0.3 is 0 Å². The molecule has 0 aromatic carbocycles. The van der Waals surface area contributed by atoms with Crippen molar-refractivity contribution in [1.29, 1.82) is 0 Å². The van der Waals surface area contributed by atoms with Gasteiger partial charge in [-0.1, -0.05) is 0 Å². The van der Waals surface area contributed by atoms with Crippen molar-refractivity contribution in [2.45, 2.75) is 0 Å². The third-order valence-electron chi connectivity index (χ3n) is 0. The van der Waals surface area contributed by atoms with Gasteiger partial charge in [-0.3, -0.25) is 5.53 Å². The molecule has 0 aromatic rings. The molecular weight excluding hydrogens is 98.0 g/mol. The number of nitrogens with zero attached hydrogens (tertiary/aromatic N) is 2. The number of hydrogen-bond acceptors (Lipinski definition) is 3. The van der Waals surface area contributed by atoms with E-state index in [4.69, 9.17) is 10.4 Å². The van der Waals surface area contributed by atoms with Crippen molar-refractivity contribution >= 4 is 0 Å². The second-order valence-corrected chi connectivity index (χ2v) is 0.490. The lowest BCUT2D eigenvalue weighted by atomic mass is 11.6. The van der Waals surface area contributed by atoms with E-state index in [9.17, 15) is 0 Å². The fraction of sp³-hybridized carbons (Fsp3) is 1.00. The summed E-state index contributed by atoms with van der Waals surface area (Å²) in [7, 11) is 3.25. The first kappa shape index (κ1) is 16.3. The molecule has 0 rings (SSSR count). The summed E-state index contributed by atoms with van der Waals surface area (Å²) in [5.41, 5.74) is 6.64. The average molecular weight is 107 g/mol. The molecule has 0 spiro atoms. The number of hydrogen-bond donors (Lipinski definition) is 1. The topological polar surface area (TPSA) is 97.7 Å². The van der Waals surface area contributed by atoms with Gasteiger partial charge in [-0.05, 0) is 0 Å². The highest BCUT2D eigenvalue weighted by Crippen LogP contribution is 1.28. The molecule has 0 aliphatic rings. The van der Waals surface area contributed by atoms with Crippen LogP contribution < -0.4 is 11.1 Å². The molecule has 3 N–H and O–H groups in total. The first-order valence-corrected chi connectivity index (χ1v) is 1.20. The molecule has 0 radical (unpaired) electrons. The van der Waals surface area contributed by atoms with Crippen LogP contribution in [0.5, 0.6) is 0 Å². The molecule has 44 valence electrons. The van der Waals surface area contributed by atoms with Gasteiger partial charge in [0.1, 0.15) is 4.97 Å². The second-order valence-electron chi connectivity index (χ2n) is 0.490. The van der Waals surface area contributed by atoms with E-state index in [0.29, 0.717) is 0 Å². The van der Waals surface area contributed by atoms with Gasteiger partial charge in [0.05, 0.1) is 0 Å². The van der Waals surface area contributed by atoms with Crippen molar-refractivity contribution in [2.75, 3.05) is 14.2 Å². The summed E-state index contributed by atoms with van der Waals surface area (Å²) in [6, 6.07) is 0. The summed E-state index contributed by atoms with van der Waals surface area (Å²) in [6.45, 7) is 0. The highest BCUT2D eigenvalue weighted by atomic mass is 16.4. The van der Waals surface area contributed by atoms with Crippen LogP contribution in [0.1, 0.15) is 0 Å². The van der Waals surface area contributed by atoms with Crippen LogP contribution in [-0.2, 0) is 4.74 Å². The molecule has 0 bridgehead atoms. The maximum Gasteiger partial charge on any atom is 0.151 e. The Morgan fingerprint density at radius 2 is 1.57 bits per heavy atom. The number of methoxy groups -OCH3 is 1. The molecule has 0 atom stereocenters. The zero-order valence-corrected chi connectivity index (χ0v) is 4.42. The summed E-state index contributed by atoms with van der Waals surface area (Å²) >= 11 is 0. The largest absolute Gasteiger partial charge is 0.388 e. The van der Waals surface area contributed by atoms with E-state index in [0.717, 1.165) is 0 Å². The molecule has 0 saturated carbocycles. The van der Waals surface area contributed by atoms with Crippen LogP contribution in [0, 0.1) is 4.91 Å². The minimum absolute atomic E-state index is 0. The van der Waals surface area contributed by atoms with Crippen LogP contribution in [-0.4, -0.2) is 14.2 Å². The minimum atomic E-state index is 0. The molecule has 0 saturated heterocycles. The first-order chi connectivity index (χ1) is 2.83. The maximum atomic E-state index is 8.11. The quantitative estimate of drug-likeness (QED) is 0.355. The van der Waals surface area contributed by atoms with E-state index < -0.39 is 0 Å². The van der Waals surface area contributed by atoms with Gasteiger partial charge in [0.15, 0.2) is 4.91 Å². The summed E-state index contributed by atoms with van der Waals surface area (Å²) in [4.78, 5) is 9.36. The molecule has 0 heterocycles. The molecule has 5 nitrogen and oxygen atoms in total. The van der Waals surface area contributed by atoms with Crippen LogP contribution in [0.25, 0.3) is 5.53 Å². The van der Waals surface area contributed by atoms with Gasteiger partial charge in [-0.15, -0.1) is 0 Å². The lowest BCUT2D eigenvalue weighted by Gasteiger charge is -1.61. The summed E-state index contributed by atoms with van der Waals surface area (Å²) in [6.07, 6.45) is 0. The van der Waals surface area contributed by atoms with E-state index in [1.165, 1.54) is 4.97 Å². The highest BCUT2D eigenvalue weighted by molar-refractivity contribution is 3.92. The smallest absolute Gasteiger partial charge is 0.151 e. The Balaban J connectivity index is -0.0000000400. The molecule has 0 unspecified atom stereocenters. The normalized spacial score (nSPS) is 3.71. The average Bonchev–Trinajstić information content (AvgIpc) is 1.39. The fourth-order valence-corrected chi connectivity index (χ4v) is 0. The molecule has 5 heteroatoms. The van der Waals surface area contributed by atoms with Crippen molar-refractivity contribution in [3.8, 4) is 0 Å². The molecule has 7 heavy (non-hydrogen) atoms. The monoisotopic (exact) mass is 107 g/mol. The van der Waals surface area contributed by atoms with Crippen molar-refractivity contribution in [3.63, 3.8) is 0 Å². The van der Waals surface area contributed by atoms with Crippen LogP contribution in [0.4, 0.5) is 0 Å². The highest BCUT2D eigenvalue weighted by Gasteiger charge is 1.25. The van der Waals surface area contributed by atoms with E-state index in [2.05, 4.69) is 4.74 Å². The van der Waals surface area contributed by atoms with E-state index in [1.54, 1.807) is 14.2 Å². The number of ether oxygens (including phenoxy) is 1. The lowest BCUT2D eigenvalue weighted by Crippen LogP contribution is -1.55. The van der Waals surface area contributed by atoms with Crippen LogP contribution in [0.3, 0.4) is 0 Å². The molecule has 0 aliphatic heterocycles. The summed E-state index contributed by atoms with van der Waals surface area (Å²) in [5, 5.41) is 0. The lowest BCUT2D eigenvalue weighted by molar-refractivity contribution is 0.277. The fourth-order valence-electron chi connectivity index (χ4n) is 0. The Morgan fingerprint density at radius 1 is 1.57 bits per heavy atom. The van der Waals surface area contributed by atoms with Crippen molar-refractivity contribution < 1.29 is 4.74 Å². The van der Waals surface area contributed by atoms with Crippen molar-refractivity contribution in [3.05, 3.63) is 10.4 Å². The van der Waals surface area contributed by atoms with E-state index >= 15 is 0 Å². The third-order valence-corrected chi connectivity index (χ3v) is 0. The Kier molecular flexibility index (Phi) is 144. The zero-order chi connectivity index (χ0) is 5.41. The van der Waals surface area contributed by atoms with Crippen molar-refractivity contribution in [1.82, 2.24) is 11.1 Å². The van der Waals surface area contributed by atoms with E-state index in [-0.39, 0.29) is 6.15 Å². The van der Waals surface area contributed by atoms with Crippen LogP contribution >= 0.6 is 0 Å². The van der Waals surface area contributed by atoms with Gasteiger partial charge in [0.25, 0.3) is 0 Å². The Hall–Kier alpha value is -0.770. The summed E-state index contributed by atoms with van der Waals surface area (Å²) < 4.78 is 4.25. The Bertz CT molecular complexity index is 40.2. The van der Waals surface area contributed by atoms with Crippen molar-refractivity contribution in [2.24, 2.45) is 0 Å². The molecule has 0 aromatic heterocycles. The Morgan fingerprint density at radius 3 is 1.57 bits per heavy atom. The minimum Gasteiger partial charge on any atom is -0.388 e. The predicted molar refractivity (Wildman–Crippen MR) is 26.8 cm³/mol. The predicted octanol–water partition coefficient (Wildman–Crippen LogP) is 0.266.